The topological polar surface area (TPSA) is 122 Å². The minimum absolute atomic E-state index is 0.165. The lowest BCUT2D eigenvalue weighted by molar-refractivity contribution is -0.179. The molecular formula is C28H31ClFN7O4. The summed E-state index contributed by atoms with van der Waals surface area (Å²) >= 11 is 6.04. The van der Waals surface area contributed by atoms with Gasteiger partial charge >= 0.3 is 5.97 Å². The van der Waals surface area contributed by atoms with Crippen LogP contribution in [-0.2, 0) is 19.1 Å². The van der Waals surface area contributed by atoms with E-state index >= 15 is 0 Å². The number of ether oxygens (including phenoxy) is 2. The highest BCUT2D eigenvalue weighted by Gasteiger charge is 2.34. The maximum Gasteiger partial charge on any atom is 0.325 e. The van der Waals surface area contributed by atoms with Gasteiger partial charge in [-0.3, -0.25) is 19.4 Å². The lowest BCUT2D eigenvalue weighted by atomic mass is 10.1. The van der Waals surface area contributed by atoms with Crippen LogP contribution in [0.3, 0.4) is 0 Å². The molecule has 1 unspecified atom stereocenters. The summed E-state index contributed by atoms with van der Waals surface area (Å²) in [4.78, 5) is 33.6. The summed E-state index contributed by atoms with van der Waals surface area (Å²) in [5.41, 5.74) is 2.45. The Morgan fingerprint density at radius 1 is 1.17 bits per heavy atom. The van der Waals surface area contributed by atoms with Crippen LogP contribution in [0, 0.1) is 12.7 Å². The summed E-state index contributed by atoms with van der Waals surface area (Å²) in [6, 6.07) is 9.01. The average Bonchev–Trinajstić information content (AvgIpc) is 2.93. The lowest BCUT2D eigenvalue weighted by Crippen LogP contribution is -2.56. The first-order valence-electron chi connectivity index (χ1n) is 13.3. The van der Waals surface area contributed by atoms with Crippen molar-refractivity contribution in [2.75, 3.05) is 57.1 Å². The van der Waals surface area contributed by atoms with Crippen LogP contribution in [0.15, 0.2) is 42.6 Å². The standard InChI is InChI=1S/C28H31ClFN7O4/c1-17-23(13-24(35-34-17)21-11-18(29)3-4-22(21)30)32-19-5-7-31-26(12-19)33-27(38)6-8-37-10-9-36(2)25(14-37)28(39)41-20-15-40-16-20/h3-5,7,11-13,20,25H,6,8-10,14-16H2,1-2H3,(H2,31,32,33,35,38). The van der Waals surface area contributed by atoms with Gasteiger partial charge in [0.1, 0.15) is 23.8 Å². The Balaban J connectivity index is 1.16. The number of carbonyl (C=O) groups excluding carboxylic acids is 2. The minimum atomic E-state index is -0.455. The van der Waals surface area contributed by atoms with Crippen molar-refractivity contribution in [1.29, 1.82) is 0 Å². The summed E-state index contributed by atoms with van der Waals surface area (Å²) in [6.45, 7) is 5.11. The van der Waals surface area contributed by atoms with E-state index in [0.29, 0.717) is 66.5 Å². The fourth-order valence-electron chi connectivity index (χ4n) is 4.51. The van der Waals surface area contributed by atoms with E-state index in [9.17, 15) is 14.0 Å². The molecule has 2 aliphatic rings. The summed E-state index contributed by atoms with van der Waals surface area (Å²) in [7, 11) is 1.90. The predicted molar refractivity (Wildman–Crippen MR) is 151 cm³/mol. The van der Waals surface area contributed by atoms with Crippen LogP contribution >= 0.6 is 11.6 Å². The van der Waals surface area contributed by atoms with Gasteiger partial charge in [0.15, 0.2) is 0 Å². The van der Waals surface area contributed by atoms with Crippen LogP contribution in [0.25, 0.3) is 11.3 Å². The van der Waals surface area contributed by atoms with E-state index < -0.39 is 5.82 Å². The maximum absolute atomic E-state index is 14.4. The number of nitrogens with zero attached hydrogens (tertiary/aromatic N) is 5. The zero-order chi connectivity index (χ0) is 28.9. The fourth-order valence-corrected chi connectivity index (χ4v) is 4.69. The Morgan fingerprint density at radius 2 is 2.00 bits per heavy atom. The number of rotatable bonds is 9. The van der Waals surface area contributed by atoms with E-state index in [1.807, 2.05) is 11.9 Å². The Kier molecular flexibility index (Phi) is 9.03. The van der Waals surface area contributed by atoms with Crippen LogP contribution in [-0.4, -0.2) is 95.4 Å². The molecule has 0 bridgehead atoms. The number of halogens is 2. The van der Waals surface area contributed by atoms with E-state index in [4.69, 9.17) is 21.1 Å². The van der Waals surface area contributed by atoms with Gasteiger partial charge in [-0.2, -0.15) is 10.2 Å². The van der Waals surface area contributed by atoms with Gasteiger partial charge in [-0.15, -0.1) is 0 Å². The molecule has 13 heteroatoms. The number of nitrogens with one attached hydrogen (secondary N) is 2. The monoisotopic (exact) mass is 583 g/mol. The number of likely N-dealkylation sites (N-methyl/N-ethyl adjacent to an activating group) is 1. The van der Waals surface area contributed by atoms with Crippen LogP contribution in [0.5, 0.6) is 0 Å². The number of benzene rings is 1. The Labute approximate surface area is 242 Å². The van der Waals surface area contributed by atoms with Crippen molar-refractivity contribution in [2.24, 2.45) is 0 Å². The number of aromatic nitrogens is 3. The second-order valence-corrected chi connectivity index (χ2v) is 10.5. The highest BCUT2D eigenvalue weighted by atomic mass is 35.5. The summed E-state index contributed by atoms with van der Waals surface area (Å²) in [5.74, 6) is -0.528. The van der Waals surface area contributed by atoms with E-state index in [2.05, 4.69) is 30.7 Å². The number of hydrogen-bond acceptors (Lipinski definition) is 10. The third-order valence-electron chi connectivity index (χ3n) is 7.04. The first-order valence-corrected chi connectivity index (χ1v) is 13.7. The van der Waals surface area contributed by atoms with E-state index in [1.54, 1.807) is 31.3 Å². The number of carbonyl (C=O) groups is 2. The number of piperazine rings is 1. The largest absolute Gasteiger partial charge is 0.456 e. The number of hydrogen-bond donors (Lipinski definition) is 2. The van der Waals surface area contributed by atoms with E-state index in [1.165, 1.54) is 18.2 Å². The van der Waals surface area contributed by atoms with Crippen molar-refractivity contribution in [2.45, 2.75) is 25.5 Å². The molecule has 2 saturated heterocycles. The molecule has 1 amide bonds. The molecule has 2 fully saturated rings. The third kappa shape index (κ3) is 7.33. The Morgan fingerprint density at radius 3 is 2.78 bits per heavy atom. The van der Waals surface area contributed by atoms with Gasteiger partial charge in [-0.05, 0) is 44.3 Å². The van der Waals surface area contributed by atoms with Crippen molar-refractivity contribution in [3.8, 4) is 11.3 Å². The van der Waals surface area contributed by atoms with Gasteiger partial charge in [0.2, 0.25) is 5.91 Å². The molecule has 216 valence electrons. The predicted octanol–water partition coefficient (Wildman–Crippen LogP) is 3.27. The molecule has 2 aromatic heterocycles. The number of amides is 1. The normalized spacial score (nSPS) is 18.0. The van der Waals surface area contributed by atoms with Crippen molar-refractivity contribution in [1.82, 2.24) is 25.0 Å². The number of anilines is 3. The number of pyridine rings is 1. The van der Waals surface area contributed by atoms with Crippen LogP contribution in [0.4, 0.5) is 21.6 Å². The molecule has 0 saturated carbocycles. The third-order valence-corrected chi connectivity index (χ3v) is 7.27. The van der Waals surface area contributed by atoms with E-state index in [0.717, 1.165) is 6.54 Å². The fraction of sp³-hybridized carbons (Fsp3) is 0.393. The highest BCUT2D eigenvalue weighted by molar-refractivity contribution is 6.30. The average molecular weight is 584 g/mol. The van der Waals surface area contributed by atoms with Gasteiger partial charge in [0, 0.05) is 61.1 Å². The molecule has 1 aromatic carbocycles. The maximum atomic E-state index is 14.4. The molecule has 11 nitrogen and oxygen atoms in total. The molecule has 41 heavy (non-hydrogen) atoms. The quantitative estimate of drug-likeness (QED) is 0.363. The molecule has 0 radical (unpaired) electrons. The Hall–Kier alpha value is -3.71. The van der Waals surface area contributed by atoms with Crippen LogP contribution < -0.4 is 10.6 Å². The van der Waals surface area contributed by atoms with Gasteiger partial charge in [-0.25, -0.2) is 9.37 Å². The van der Waals surface area contributed by atoms with Crippen LogP contribution in [0.2, 0.25) is 5.02 Å². The van der Waals surface area contributed by atoms with Gasteiger partial charge in [0.05, 0.1) is 30.3 Å². The Bertz CT molecular complexity index is 1420. The summed E-state index contributed by atoms with van der Waals surface area (Å²) in [5, 5.41) is 14.7. The molecule has 4 heterocycles. The van der Waals surface area contributed by atoms with Crippen molar-refractivity contribution in [3.63, 3.8) is 0 Å². The molecule has 2 aliphatic heterocycles. The molecule has 5 rings (SSSR count). The minimum Gasteiger partial charge on any atom is -0.456 e. The molecular weight excluding hydrogens is 553 g/mol. The van der Waals surface area contributed by atoms with Gasteiger partial charge in [0.25, 0.3) is 0 Å². The number of esters is 1. The molecule has 0 spiro atoms. The molecule has 1 atom stereocenters. The summed E-state index contributed by atoms with van der Waals surface area (Å²) in [6.07, 6.45) is 1.65. The van der Waals surface area contributed by atoms with Crippen molar-refractivity contribution in [3.05, 3.63) is 59.1 Å². The summed E-state index contributed by atoms with van der Waals surface area (Å²) < 4.78 is 25.0. The van der Waals surface area contributed by atoms with Crippen molar-refractivity contribution < 1.29 is 23.5 Å². The lowest BCUT2D eigenvalue weighted by Gasteiger charge is -2.39. The van der Waals surface area contributed by atoms with Gasteiger partial charge < -0.3 is 20.1 Å². The second-order valence-electron chi connectivity index (χ2n) is 10.1. The zero-order valence-electron chi connectivity index (χ0n) is 22.8. The highest BCUT2D eigenvalue weighted by Crippen LogP contribution is 2.28. The van der Waals surface area contributed by atoms with E-state index in [-0.39, 0.29) is 36.0 Å². The van der Waals surface area contributed by atoms with Gasteiger partial charge in [-0.1, -0.05) is 11.6 Å². The smallest absolute Gasteiger partial charge is 0.325 e. The number of aryl methyl sites for hydroxylation is 1. The molecule has 2 N–H and O–H groups in total. The molecule has 0 aliphatic carbocycles. The molecule has 3 aromatic rings. The van der Waals surface area contributed by atoms with Crippen molar-refractivity contribution >= 4 is 40.7 Å². The zero-order valence-corrected chi connectivity index (χ0v) is 23.5. The second kappa shape index (κ2) is 12.9. The van der Waals surface area contributed by atoms with Crippen LogP contribution in [0.1, 0.15) is 12.1 Å². The first kappa shape index (κ1) is 28.8. The first-order chi connectivity index (χ1) is 19.7. The SMILES string of the molecule is Cc1nnc(-c2cc(Cl)ccc2F)cc1Nc1ccnc(NC(=O)CCN2CCN(C)C(C(=O)OC3COC3)C2)c1.